The number of piperidine rings is 1. The third-order valence-corrected chi connectivity index (χ3v) is 4.79. The van der Waals surface area contributed by atoms with Gasteiger partial charge in [-0.15, -0.1) is 0 Å². The lowest BCUT2D eigenvalue weighted by atomic mass is 10.0. The second-order valence-electron chi connectivity index (χ2n) is 6.01. The zero-order chi connectivity index (χ0) is 16.7. The molecule has 0 atom stereocenters. The second kappa shape index (κ2) is 5.68. The number of carbonyl (C=O) groups is 2. The summed E-state index contributed by atoms with van der Waals surface area (Å²) in [5.74, 6) is -0.147. The molecule has 1 aromatic carbocycles. The van der Waals surface area contributed by atoms with Crippen molar-refractivity contribution in [1.82, 2.24) is 9.80 Å². The highest BCUT2D eigenvalue weighted by atomic mass is 16.2. The monoisotopic (exact) mass is 320 g/mol. The Morgan fingerprint density at radius 1 is 1.09 bits per heavy atom. The average Bonchev–Trinajstić information content (AvgIpc) is 2.96. The Morgan fingerprint density at radius 3 is 2.30 bits per heavy atom. The van der Waals surface area contributed by atoms with Crippen LogP contribution in [-0.2, 0) is 4.79 Å². The maximum absolute atomic E-state index is 12.3. The topological polar surface area (TPSA) is 104 Å². The van der Waals surface area contributed by atoms with Crippen LogP contribution in [0.1, 0.15) is 26.2 Å². The number of nitrogen functional groups attached to an aromatic ring is 1. The van der Waals surface area contributed by atoms with Crippen molar-refractivity contribution >= 4 is 23.3 Å². The van der Waals surface area contributed by atoms with Crippen molar-refractivity contribution in [2.24, 2.45) is 0 Å². The van der Waals surface area contributed by atoms with Crippen LogP contribution in [0.25, 0.3) is 0 Å². The van der Waals surface area contributed by atoms with Gasteiger partial charge in [0.2, 0.25) is 5.91 Å². The number of rotatable bonds is 3. The highest BCUT2D eigenvalue weighted by Crippen LogP contribution is 2.26. The van der Waals surface area contributed by atoms with E-state index in [1.165, 1.54) is 4.90 Å². The number of nitrogens with two attached hydrogens (primary N) is 1. The molecule has 2 saturated heterocycles. The zero-order valence-electron chi connectivity index (χ0n) is 13.1. The molecule has 0 aromatic heterocycles. The number of urea groups is 1. The summed E-state index contributed by atoms with van der Waals surface area (Å²) in [5, 5.41) is 0. The van der Waals surface area contributed by atoms with E-state index in [2.05, 4.69) is 0 Å². The van der Waals surface area contributed by atoms with Crippen LogP contribution in [0.4, 0.5) is 16.2 Å². The third-order valence-electron chi connectivity index (χ3n) is 4.79. The highest BCUT2D eigenvalue weighted by molar-refractivity contribution is 5.95. The molecular weight excluding hydrogens is 300 g/mol. The predicted molar refractivity (Wildman–Crippen MR) is 85.1 cm³/mol. The van der Waals surface area contributed by atoms with Crippen molar-refractivity contribution in [3.63, 3.8) is 0 Å². The van der Waals surface area contributed by atoms with Crippen molar-refractivity contribution in [3.8, 4) is 0 Å². The molecule has 23 heavy (non-hydrogen) atoms. The van der Waals surface area contributed by atoms with Crippen molar-refractivity contribution < 1.29 is 9.59 Å². The van der Waals surface area contributed by atoms with Gasteiger partial charge >= 0.3 is 6.03 Å². The fraction of sp³-hybridized carbons (Fsp3) is 0.600. The lowest BCUT2D eigenvalue weighted by molar-refractivity contribution is -0.127. The Morgan fingerprint density at radius 2 is 1.74 bits per heavy atom. The molecule has 8 nitrogen and oxygen atoms in total. The van der Waals surface area contributed by atoms with E-state index in [-0.39, 0.29) is 23.7 Å². The van der Waals surface area contributed by atoms with Crippen LogP contribution in [0.5, 0.6) is 0 Å². The molecule has 2 N–H and O–H groups in total. The number of hydrogen-bond donors (Lipinski definition) is 1. The molecule has 2 fully saturated rings. The number of anilines is 2. The smallest absolute Gasteiger partial charge is 0.327 e. The van der Waals surface area contributed by atoms with Gasteiger partial charge in [0.15, 0.2) is 0 Å². The third kappa shape index (κ3) is 2.38. The standard InChI is InChI=1S/C15H20N4O4/c1-2-10(20)19-8-7-18(15(19)23)9-3-5-17(6-4-9)12-11(16)13(21)14(12)22/h9H,2-8,16H2,1H3. The normalized spacial score (nSPS) is 19.9. The van der Waals surface area contributed by atoms with Crippen LogP contribution < -0.4 is 21.5 Å². The molecule has 0 radical (unpaired) electrons. The van der Waals surface area contributed by atoms with Gasteiger partial charge in [0.25, 0.3) is 10.9 Å². The Bertz CT molecular complexity index is 713. The lowest BCUT2D eigenvalue weighted by Gasteiger charge is -2.37. The van der Waals surface area contributed by atoms with Crippen LogP contribution in [0.2, 0.25) is 0 Å². The summed E-state index contributed by atoms with van der Waals surface area (Å²) in [6, 6.07) is -0.162. The summed E-state index contributed by atoms with van der Waals surface area (Å²) in [6.07, 6.45) is 1.71. The Labute approximate surface area is 133 Å². The van der Waals surface area contributed by atoms with E-state index >= 15 is 0 Å². The van der Waals surface area contributed by atoms with Gasteiger partial charge in [-0.05, 0) is 12.8 Å². The molecule has 124 valence electrons. The van der Waals surface area contributed by atoms with Gasteiger partial charge in [-0.1, -0.05) is 6.92 Å². The molecular formula is C15H20N4O4. The molecule has 2 aliphatic heterocycles. The predicted octanol–water partition coefficient (Wildman–Crippen LogP) is -0.492. The minimum Gasteiger partial charge on any atom is -0.394 e. The van der Waals surface area contributed by atoms with Crippen LogP contribution >= 0.6 is 0 Å². The number of imide groups is 1. The van der Waals surface area contributed by atoms with E-state index in [9.17, 15) is 19.2 Å². The maximum Gasteiger partial charge on any atom is 0.327 e. The number of carbonyl (C=O) groups excluding carboxylic acids is 2. The maximum atomic E-state index is 12.3. The number of nitrogens with zero attached hydrogens (tertiary/aromatic N) is 3. The van der Waals surface area contributed by atoms with Gasteiger partial charge in [0.05, 0.1) is 0 Å². The van der Waals surface area contributed by atoms with Crippen LogP contribution in [0.15, 0.2) is 9.59 Å². The highest BCUT2D eigenvalue weighted by Gasteiger charge is 2.38. The van der Waals surface area contributed by atoms with E-state index in [4.69, 9.17) is 5.73 Å². The Balaban J connectivity index is 1.62. The van der Waals surface area contributed by atoms with Crippen molar-refractivity contribution in [3.05, 3.63) is 20.4 Å². The van der Waals surface area contributed by atoms with Gasteiger partial charge in [0, 0.05) is 38.6 Å². The van der Waals surface area contributed by atoms with Crippen LogP contribution in [0, 0.1) is 0 Å². The first-order valence-corrected chi connectivity index (χ1v) is 7.90. The minimum absolute atomic E-state index is 0.0467. The Hall–Kier alpha value is -2.38. The fourth-order valence-corrected chi connectivity index (χ4v) is 3.43. The van der Waals surface area contributed by atoms with E-state index < -0.39 is 10.9 Å². The van der Waals surface area contributed by atoms with Crippen molar-refractivity contribution in [2.45, 2.75) is 32.2 Å². The number of hydrogen-bond acceptors (Lipinski definition) is 6. The lowest BCUT2D eigenvalue weighted by Crippen LogP contribution is -2.50. The molecule has 0 spiro atoms. The summed E-state index contributed by atoms with van der Waals surface area (Å²) in [7, 11) is 0. The van der Waals surface area contributed by atoms with E-state index in [0.717, 1.165) is 0 Å². The first-order valence-electron chi connectivity index (χ1n) is 7.90. The van der Waals surface area contributed by atoms with Gasteiger partial charge in [0.1, 0.15) is 11.4 Å². The van der Waals surface area contributed by atoms with Crippen LogP contribution in [0.3, 0.4) is 0 Å². The Kier molecular flexibility index (Phi) is 3.83. The molecule has 0 aliphatic carbocycles. The van der Waals surface area contributed by atoms with Crippen molar-refractivity contribution in [1.29, 1.82) is 0 Å². The molecule has 0 saturated carbocycles. The minimum atomic E-state index is -0.606. The molecule has 0 bridgehead atoms. The van der Waals surface area contributed by atoms with Crippen LogP contribution in [-0.4, -0.2) is 54.0 Å². The first kappa shape index (κ1) is 15.5. The molecule has 2 heterocycles. The molecule has 8 heteroatoms. The quantitative estimate of drug-likeness (QED) is 0.754. The summed E-state index contributed by atoms with van der Waals surface area (Å²) >= 11 is 0. The molecule has 3 rings (SSSR count). The first-order chi connectivity index (χ1) is 11.0. The van der Waals surface area contributed by atoms with E-state index in [0.29, 0.717) is 51.1 Å². The zero-order valence-corrected chi connectivity index (χ0v) is 13.1. The average molecular weight is 320 g/mol. The summed E-state index contributed by atoms with van der Waals surface area (Å²) in [4.78, 5) is 51.7. The molecule has 1 aromatic rings. The van der Waals surface area contributed by atoms with Gasteiger partial charge in [-0.2, -0.15) is 0 Å². The summed E-state index contributed by atoms with van der Waals surface area (Å²) in [6.45, 7) is 3.89. The van der Waals surface area contributed by atoms with Gasteiger partial charge in [-0.25, -0.2) is 4.79 Å². The summed E-state index contributed by atoms with van der Waals surface area (Å²) < 4.78 is 0. The fourth-order valence-electron chi connectivity index (χ4n) is 3.43. The van der Waals surface area contributed by atoms with E-state index in [1.807, 2.05) is 4.90 Å². The molecule has 3 amide bonds. The number of amides is 3. The van der Waals surface area contributed by atoms with E-state index in [1.54, 1.807) is 11.8 Å². The molecule has 0 unspecified atom stereocenters. The van der Waals surface area contributed by atoms with Gasteiger partial charge < -0.3 is 15.5 Å². The SMILES string of the molecule is CCC(=O)N1CCN(C2CCN(c3c(N)c(=O)c3=O)CC2)C1=O. The van der Waals surface area contributed by atoms with Gasteiger partial charge in [-0.3, -0.25) is 19.3 Å². The largest absolute Gasteiger partial charge is 0.394 e. The van der Waals surface area contributed by atoms with Crippen molar-refractivity contribution in [2.75, 3.05) is 36.8 Å². The molecule has 2 aliphatic rings. The second-order valence-corrected chi connectivity index (χ2v) is 6.01. The summed E-state index contributed by atoms with van der Waals surface area (Å²) in [5.41, 5.74) is 4.84.